The number of halogens is 6. The predicted molar refractivity (Wildman–Crippen MR) is 186 cm³/mol. The van der Waals surface area contributed by atoms with Crippen LogP contribution in [0.4, 0.5) is 26.3 Å². The fourth-order valence-corrected chi connectivity index (χ4v) is 7.48. The van der Waals surface area contributed by atoms with E-state index in [1.165, 1.54) is 16.3 Å². The van der Waals surface area contributed by atoms with E-state index in [9.17, 15) is 35.9 Å². The first-order valence-electron chi connectivity index (χ1n) is 18.3. The first-order chi connectivity index (χ1) is 25.2. The number of benzene rings is 2. The van der Waals surface area contributed by atoms with Crippen LogP contribution in [0.25, 0.3) is 11.4 Å². The molecule has 0 radical (unpaired) electrons. The van der Waals surface area contributed by atoms with E-state index >= 15 is 0 Å². The summed E-state index contributed by atoms with van der Waals surface area (Å²) in [5, 5.41) is 7.81. The van der Waals surface area contributed by atoms with Crippen molar-refractivity contribution in [3.8, 4) is 11.4 Å². The van der Waals surface area contributed by atoms with Crippen molar-refractivity contribution in [2.45, 2.75) is 110 Å². The van der Waals surface area contributed by atoms with E-state index in [4.69, 9.17) is 0 Å². The average Bonchev–Trinajstić information content (AvgIpc) is 3.73. The Hall–Kier alpha value is -4.62. The van der Waals surface area contributed by atoms with Crippen LogP contribution in [0.5, 0.6) is 0 Å². The summed E-state index contributed by atoms with van der Waals surface area (Å²) in [6.45, 7) is 5.83. The molecule has 4 aromatic rings. The number of alkyl halides is 6. The lowest BCUT2D eigenvalue weighted by Gasteiger charge is -2.26. The Balaban J connectivity index is 0.000000182. The van der Waals surface area contributed by atoms with Crippen molar-refractivity contribution in [1.29, 1.82) is 0 Å². The molecule has 7 rings (SSSR count). The Morgan fingerprint density at radius 1 is 0.679 bits per heavy atom. The monoisotopic (exact) mass is 742 g/mol. The molecule has 1 saturated heterocycles. The van der Waals surface area contributed by atoms with Crippen molar-refractivity contribution in [3.63, 3.8) is 0 Å². The minimum absolute atomic E-state index is 0.00691. The van der Waals surface area contributed by atoms with E-state index < -0.39 is 23.7 Å². The second-order valence-electron chi connectivity index (χ2n) is 13.9. The zero-order valence-corrected chi connectivity index (χ0v) is 30.0. The Morgan fingerprint density at radius 2 is 1.13 bits per heavy atom. The van der Waals surface area contributed by atoms with Crippen molar-refractivity contribution in [2.75, 3.05) is 13.1 Å². The van der Waals surface area contributed by atoms with Crippen molar-refractivity contribution in [2.24, 2.45) is 0 Å². The number of nitrogens with zero attached hydrogens (tertiary/aromatic N) is 6. The van der Waals surface area contributed by atoms with Gasteiger partial charge < -0.3 is 9.80 Å². The van der Waals surface area contributed by atoms with E-state index in [0.717, 1.165) is 56.2 Å². The van der Waals surface area contributed by atoms with Gasteiger partial charge in [0.1, 0.15) is 0 Å². The highest BCUT2D eigenvalue weighted by Gasteiger charge is 2.41. The van der Waals surface area contributed by atoms with E-state index in [1.807, 2.05) is 36.1 Å². The van der Waals surface area contributed by atoms with Gasteiger partial charge in [-0.25, -0.2) is 9.36 Å². The highest BCUT2D eigenvalue weighted by Crippen LogP contribution is 2.38. The zero-order chi connectivity index (χ0) is 37.9. The molecule has 3 heterocycles. The van der Waals surface area contributed by atoms with Crippen LogP contribution in [0.3, 0.4) is 0 Å². The summed E-state index contributed by atoms with van der Waals surface area (Å²) in [7, 11) is 0. The molecule has 8 nitrogen and oxygen atoms in total. The number of hydrogen-bond acceptors (Lipinski definition) is 4. The number of rotatable bonds is 7. The van der Waals surface area contributed by atoms with Gasteiger partial charge >= 0.3 is 12.4 Å². The van der Waals surface area contributed by atoms with Crippen LogP contribution in [0.2, 0.25) is 0 Å². The molecule has 2 aromatic carbocycles. The number of fused-ring (bicyclic) bond motifs is 2. The standard InChI is InChI=1S/C20H22F3N3O.C19H22F3N3O/c21-20(22,23)19-16-5-1-2-6-17(16)26(24-19)15-10-8-14(9-11-15)13-25-12-4-3-7-18(25)27;1-3-24(13(2)26)12-14-8-10-15(11-9-14)25-17-7-5-4-6-16(17)18(23-25)19(20,21)22/h8-11H,1-7,12-13H2;8-11H,3-7,12H2,1-2H3. The van der Waals surface area contributed by atoms with Gasteiger partial charge in [0.05, 0.1) is 11.4 Å². The van der Waals surface area contributed by atoms with E-state index in [2.05, 4.69) is 10.2 Å². The topological polar surface area (TPSA) is 76.3 Å². The highest BCUT2D eigenvalue weighted by atomic mass is 19.4. The van der Waals surface area contributed by atoms with Crippen molar-refractivity contribution in [3.05, 3.63) is 93.6 Å². The summed E-state index contributed by atoms with van der Waals surface area (Å²) in [6.07, 6.45) is -0.951. The lowest BCUT2D eigenvalue weighted by Crippen LogP contribution is -2.34. The molecule has 284 valence electrons. The molecule has 0 spiro atoms. The molecule has 0 atom stereocenters. The van der Waals surface area contributed by atoms with Gasteiger partial charge in [-0.15, -0.1) is 0 Å². The lowest BCUT2D eigenvalue weighted by atomic mass is 9.95. The number of carbonyl (C=O) groups excluding carboxylic acids is 2. The third-order valence-corrected chi connectivity index (χ3v) is 10.3. The van der Waals surface area contributed by atoms with Crippen LogP contribution in [0, 0.1) is 0 Å². The molecule has 53 heavy (non-hydrogen) atoms. The van der Waals surface area contributed by atoms with Gasteiger partial charge in [-0.3, -0.25) is 9.59 Å². The number of amides is 2. The molecule has 2 aromatic heterocycles. The molecule has 0 saturated carbocycles. The normalized spacial score (nSPS) is 16.1. The van der Waals surface area contributed by atoms with E-state index in [-0.39, 0.29) is 11.8 Å². The first-order valence-corrected chi connectivity index (χ1v) is 18.3. The van der Waals surface area contributed by atoms with Crippen LogP contribution >= 0.6 is 0 Å². The smallest absolute Gasteiger partial charge is 0.339 e. The number of hydrogen-bond donors (Lipinski definition) is 0. The first kappa shape index (κ1) is 38.1. The summed E-state index contributed by atoms with van der Waals surface area (Å²) in [5.74, 6) is 0.161. The maximum absolute atomic E-state index is 13.4. The van der Waals surface area contributed by atoms with Crippen LogP contribution in [-0.4, -0.2) is 54.3 Å². The number of carbonyl (C=O) groups is 2. The van der Waals surface area contributed by atoms with Crippen molar-refractivity contribution < 1.29 is 35.9 Å². The van der Waals surface area contributed by atoms with Crippen LogP contribution in [0.15, 0.2) is 48.5 Å². The number of likely N-dealkylation sites (tertiary alicyclic amines) is 1. The van der Waals surface area contributed by atoms with E-state index in [0.29, 0.717) is 85.6 Å². The highest BCUT2D eigenvalue weighted by molar-refractivity contribution is 5.76. The molecule has 1 fully saturated rings. The lowest BCUT2D eigenvalue weighted by molar-refractivity contribution is -0.142. The minimum Gasteiger partial charge on any atom is -0.339 e. The summed E-state index contributed by atoms with van der Waals surface area (Å²) in [4.78, 5) is 27.0. The second kappa shape index (κ2) is 15.8. The summed E-state index contributed by atoms with van der Waals surface area (Å²) in [6, 6.07) is 14.6. The summed E-state index contributed by atoms with van der Waals surface area (Å²) >= 11 is 0. The molecule has 0 unspecified atom stereocenters. The Labute approximate surface area is 304 Å². The predicted octanol–water partition coefficient (Wildman–Crippen LogP) is 8.42. The SMILES string of the molecule is CCN(Cc1ccc(-n2nc(C(F)(F)F)c3c2CCCC3)cc1)C(C)=O.O=C1CCCCN1Cc1ccc(-n2nc(C(F)(F)F)c3c2CCCC3)cc1. The molecular weight excluding hydrogens is 698 g/mol. The summed E-state index contributed by atoms with van der Waals surface area (Å²) < 4.78 is 82.9. The van der Waals surface area contributed by atoms with Crippen molar-refractivity contribution in [1.82, 2.24) is 29.4 Å². The van der Waals surface area contributed by atoms with Crippen molar-refractivity contribution >= 4 is 11.8 Å². The number of piperidine rings is 1. The van der Waals surface area contributed by atoms with Gasteiger partial charge in [0.15, 0.2) is 11.4 Å². The van der Waals surface area contributed by atoms with Gasteiger partial charge in [-0.05, 0) is 107 Å². The van der Waals surface area contributed by atoms with Gasteiger partial charge in [0.25, 0.3) is 0 Å². The van der Waals surface area contributed by atoms with Gasteiger partial charge in [0.2, 0.25) is 11.8 Å². The van der Waals surface area contributed by atoms with Gasteiger partial charge in [-0.2, -0.15) is 36.5 Å². The molecule has 14 heteroatoms. The fourth-order valence-electron chi connectivity index (χ4n) is 7.48. The minimum atomic E-state index is -4.43. The largest absolute Gasteiger partial charge is 0.435 e. The average molecular weight is 743 g/mol. The molecule has 2 amide bonds. The number of aromatic nitrogens is 4. The van der Waals surface area contributed by atoms with Crippen LogP contribution < -0.4 is 0 Å². The zero-order valence-electron chi connectivity index (χ0n) is 30.0. The Morgan fingerprint density at radius 3 is 1.57 bits per heavy atom. The maximum Gasteiger partial charge on any atom is 0.435 e. The Bertz CT molecular complexity index is 1910. The molecule has 2 aliphatic carbocycles. The van der Waals surface area contributed by atoms with Crippen LogP contribution in [0.1, 0.15) is 104 Å². The summed E-state index contributed by atoms with van der Waals surface area (Å²) in [5.41, 5.74) is 3.67. The van der Waals surface area contributed by atoms with Gasteiger partial charge in [-0.1, -0.05) is 24.3 Å². The van der Waals surface area contributed by atoms with E-state index in [1.54, 1.807) is 29.2 Å². The second-order valence-corrected chi connectivity index (χ2v) is 13.9. The molecule has 3 aliphatic rings. The molecule has 1 aliphatic heterocycles. The molecule has 0 bridgehead atoms. The quantitative estimate of drug-likeness (QED) is 0.178. The maximum atomic E-state index is 13.4. The van der Waals surface area contributed by atoms with Crippen LogP contribution in [-0.2, 0) is 60.7 Å². The third-order valence-electron chi connectivity index (χ3n) is 10.3. The molecular formula is C39H44F6N6O2. The Kier molecular flexibility index (Phi) is 11.3. The molecule has 0 N–H and O–H groups in total. The van der Waals surface area contributed by atoms with Gasteiger partial charge in [0, 0.05) is 62.0 Å². The fraction of sp³-hybridized carbons (Fsp3) is 0.487. The third kappa shape index (κ3) is 8.62.